The van der Waals surface area contributed by atoms with E-state index < -0.39 is 0 Å². The number of benzene rings is 3. The number of fused-ring (bicyclic) bond motifs is 1. The Morgan fingerprint density at radius 1 is 0.710 bits per heavy atom. The van der Waals surface area contributed by atoms with E-state index >= 15 is 0 Å². The molecule has 0 saturated carbocycles. The lowest BCUT2D eigenvalue weighted by molar-refractivity contribution is 0.786. The standard InChI is InChI=1S/C26H20ClN3S/c27-26-28-24(23-22(18-31-25(23)29-26)21-14-8-3-9-15-21)30(16-19-10-4-1-5-11-19)17-20-12-6-2-7-13-20/h1-15,18H,16-17H2. The van der Waals surface area contributed by atoms with E-state index in [4.69, 9.17) is 16.6 Å². The Kier molecular flexibility index (Phi) is 5.65. The molecule has 0 spiro atoms. The van der Waals surface area contributed by atoms with E-state index in [2.05, 4.69) is 88.1 Å². The second kappa shape index (κ2) is 8.88. The first-order valence-corrected chi connectivity index (χ1v) is 11.4. The summed E-state index contributed by atoms with van der Waals surface area (Å²) in [6, 6.07) is 31.3. The predicted molar refractivity (Wildman–Crippen MR) is 131 cm³/mol. The van der Waals surface area contributed by atoms with Gasteiger partial charge in [-0.3, -0.25) is 0 Å². The molecule has 3 nitrogen and oxygen atoms in total. The molecule has 5 heteroatoms. The number of nitrogens with zero attached hydrogens (tertiary/aromatic N) is 3. The number of anilines is 1. The first-order valence-electron chi connectivity index (χ1n) is 10.1. The molecular weight excluding hydrogens is 422 g/mol. The van der Waals surface area contributed by atoms with Crippen LogP contribution in [0, 0.1) is 0 Å². The van der Waals surface area contributed by atoms with Crippen LogP contribution >= 0.6 is 22.9 Å². The summed E-state index contributed by atoms with van der Waals surface area (Å²) >= 11 is 7.99. The summed E-state index contributed by atoms with van der Waals surface area (Å²) in [6.07, 6.45) is 0. The Morgan fingerprint density at radius 2 is 1.26 bits per heavy atom. The van der Waals surface area contributed by atoms with Gasteiger partial charge in [-0.05, 0) is 28.3 Å². The fraction of sp³-hybridized carbons (Fsp3) is 0.0769. The van der Waals surface area contributed by atoms with Gasteiger partial charge in [-0.25, -0.2) is 4.98 Å². The molecule has 0 aliphatic carbocycles. The third-order valence-electron chi connectivity index (χ3n) is 5.20. The second-order valence-corrected chi connectivity index (χ2v) is 8.54. The lowest BCUT2D eigenvalue weighted by Crippen LogP contribution is -2.23. The molecule has 5 rings (SSSR count). The first-order chi connectivity index (χ1) is 15.3. The van der Waals surface area contributed by atoms with Gasteiger partial charge in [-0.15, -0.1) is 11.3 Å². The summed E-state index contributed by atoms with van der Waals surface area (Å²) in [5.74, 6) is 0.864. The van der Waals surface area contributed by atoms with Gasteiger partial charge in [0.1, 0.15) is 10.6 Å². The van der Waals surface area contributed by atoms with E-state index in [0.717, 1.165) is 40.3 Å². The van der Waals surface area contributed by atoms with Crippen molar-refractivity contribution < 1.29 is 0 Å². The molecule has 0 saturated heterocycles. The highest BCUT2D eigenvalue weighted by Gasteiger charge is 2.20. The Balaban J connectivity index is 1.67. The van der Waals surface area contributed by atoms with Gasteiger partial charge in [0, 0.05) is 24.0 Å². The van der Waals surface area contributed by atoms with Crippen molar-refractivity contribution in [3.63, 3.8) is 0 Å². The molecule has 2 aromatic heterocycles. The number of thiophene rings is 1. The molecular formula is C26H20ClN3S. The van der Waals surface area contributed by atoms with Crippen LogP contribution in [-0.4, -0.2) is 9.97 Å². The van der Waals surface area contributed by atoms with Gasteiger partial charge < -0.3 is 4.90 Å². The van der Waals surface area contributed by atoms with Crippen LogP contribution in [0.3, 0.4) is 0 Å². The average molecular weight is 442 g/mol. The minimum atomic E-state index is 0.273. The Labute approximate surface area is 190 Å². The minimum Gasteiger partial charge on any atom is -0.347 e. The monoisotopic (exact) mass is 441 g/mol. The maximum absolute atomic E-state index is 6.39. The summed E-state index contributed by atoms with van der Waals surface area (Å²) in [7, 11) is 0. The zero-order valence-corrected chi connectivity index (χ0v) is 18.4. The average Bonchev–Trinajstić information content (AvgIpc) is 3.24. The zero-order chi connectivity index (χ0) is 21.0. The van der Waals surface area contributed by atoms with Crippen molar-refractivity contribution in [2.24, 2.45) is 0 Å². The van der Waals surface area contributed by atoms with Crippen LogP contribution in [0.15, 0.2) is 96.4 Å². The molecule has 3 aromatic carbocycles. The Morgan fingerprint density at radius 3 is 1.84 bits per heavy atom. The number of halogens is 1. The number of rotatable bonds is 6. The zero-order valence-electron chi connectivity index (χ0n) is 16.8. The highest BCUT2D eigenvalue weighted by atomic mass is 35.5. The summed E-state index contributed by atoms with van der Waals surface area (Å²) in [5.41, 5.74) is 4.73. The Hall–Kier alpha value is -3.21. The molecule has 0 N–H and O–H groups in total. The predicted octanol–water partition coefficient (Wildman–Crippen LogP) is 7.22. The van der Waals surface area contributed by atoms with Gasteiger partial charge >= 0.3 is 0 Å². The van der Waals surface area contributed by atoms with Gasteiger partial charge in [-0.2, -0.15) is 4.98 Å². The van der Waals surface area contributed by atoms with Gasteiger partial charge in [0.05, 0.1) is 5.39 Å². The van der Waals surface area contributed by atoms with Crippen molar-refractivity contribution in [2.75, 3.05) is 4.90 Å². The van der Waals surface area contributed by atoms with E-state index in [1.807, 2.05) is 18.2 Å². The highest BCUT2D eigenvalue weighted by molar-refractivity contribution is 7.17. The SMILES string of the molecule is Clc1nc(N(Cc2ccccc2)Cc2ccccc2)c2c(-c3ccccc3)csc2n1. The van der Waals surface area contributed by atoms with Gasteiger partial charge in [0.2, 0.25) is 5.28 Å². The van der Waals surface area contributed by atoms with Crippen LogP contribution < -0.4 is 4.90 Å². The van der Waals surface area contributed by atoms with E-state index in [-0.39, 0.29) is 5.28 Å². The quantitative estimate of drug-likeness (QED) is 0.260. The van der Waals surface area contributed by atoms with Crippen molar-refractivity contribution in [3.8, 4) is 11.1 Å². The smallest absolute Gasteiger partial charge is 0.225 e. The largest absolute Gasteiger partial charge is 0.347 e. The van der Waals surface area contributed by atoms with Crippen molar-refractivity contribution in [1.29, 1.82) is 0 Å². The summed E-state index contributed by atoms with van der Waals surface area (Å²) in [5, 5.41) is 3.47. The van der Waals surface area contributed by atoms with Crippen LogP contribution in [0.4, 0.5) is 5.82 Å². The topological polar surface area (TPSA) is 29.0 Å². The fourth-order valence-electron chi connectivity index (χ4n) is 3.77. The fourth-order valence-corrected chi connectivity index (χ4v) is 4.93. The molecule has 2 heterocycles. The summed E-state index contributed by atoms with van der Waals surface area (Å²) in [6.45, 7) is 1.45. The van der Waals surface area contributed by atoms with Gasteiger partial charge in [0.15, 0.2) is 0 Å². The maximum Gasteiger partial charge on any atom is 0.225 e. The number of hydrogen-bond acceptors (Lipinski definition) is 4. The molecule has 152 valence electrons. The molecule has 0 fully saturated rings. The molecule has 0 bridgehead atoms. The summed E-state index contributed by atoms with van der Waals surface area (Å²) in [4.78, 5) is 12.5. The normalized spacial score (nSPS) is 11.0. The third kappa shape index (κ3) is 4.31. The minimum absolute atomic E-state index is 0.273. The van der Waals surface area contributed by atoms with E-state index in [0.29, 0.717) is 0 Å². The Bertz CT molecular complexity index is 1250. The third-order valence-corrected chi connectivity index (χ3v) is 6.25. The van der Waals surface area contributed by atoms with Crippen molar-refractivity contribution >= 4 is 39.0 Å². The number of aromatic nitrogens is 2. The van der Waals surface area contributed by atoms with Crippen LogP contribution in [0.2, 0.25) is 5.28 Å². The molecule has 31 heavy (non-hydrogen) atoms. The molecule has 0 amide bonds. The van der Waals surface area contributed by atoms with E-state index in [1.165, 1.54) is 11.1 Å². The molecule has 0 aliphatic rings. The van der Waals surface area contributed by atoms with E-state index in [1.54, 1.807) is 11.3 Å². The summed E-state index contributed by atoms with van der Waals surface area (Å²) < 4.78 is 0. The molecule has 0 radical (unpaired) electrons. The van der Waals surface area contributed by atoms with Crippen LogP contribution in [0.5, 0.6) is 0 Å². The van der Waals surface area contributed by atoms with Crippen LogP contribution in [0.25, 0.3) is 21.3 Å². The molecule has 0 unspecified atom stereocenters. The molecule has 0 atom stereocenters. The van der Waals surface area contributed by atoms with Crippen LogP contribution in [0.1, 0.15) is 11.1 Å². The van der Waals surface area contributed by atoms with Gasteiger partial charge in [0.25, 0.3) is 0 Å². The van der Waals surface area contributed by atoms with Gasteiger partial charge in [-0.1, -0.05) is 91.0 Å². The highest BCUT2D eigenvalue weighted by Crippen LogP contribution is 2.39. The van der Waals surface area contributed by atoms with Crippen LogP contribution in [-0.2, 0) is 13.1 Å². The molecule has 0 aliphatic heterocycles. The number of hydrogen-bond donors (Lipinski definition) is 0. The first kappa shape index (κ1) is 19.7. The molecule has 5 aromatic rings. The van der Waals surface area contributed by atoms with E-state index in [9.17, 15) is 0 Å². The second-order valence-electron chi connectivity index (χ2n) is 7.34. The van der Waals surface area contributed by atoms with Crippen molar-refractivity contribution in [2.45, 2.75) is 13.1 Å². The van der Waals surface area contributed by atoms with Crippen molar-refractivity contribution in [1.82, 2.24) is 9.97 Å². The lowest BCUT2D eigenvalue weighted by Gasteiger charge is -2.25. The maximum atomic E-state index is 6.39. The van der Waals surface area contributed by atoms with Crippen molar-refractivity contribution in [3.05, 3.63) is 113 Å². The lowest BCUT2D eigenvalue weighted by atomic mass is 10.1.